The van der Waals surface area contributed by atoms with Crippen LogP contribution in [0.3, 0.4) is 0 Å². The number of sulfonamides is 1. The Bertz CT molecular complexity index is 927. The molecule has 0 aliphatic carbocycles. The normalized spacial score (nSPS) is 11.3. The number of carbonyl (C=O) groups excluding carboxylic acids is 1. The fourth-order valence-electron chi connectivity index (χ4n) is 2.83. The number of rotatable bonds is 9. The first kappa shape index (κ1) is 22.3. The van der Waals surface area contributed by atoms with Crippen molar-refractivity contribution < 1.29 is 13.2 Å². The van der Waals surface area contributed by atoms with E-state index >= 15 is 0 Å². The SMILES string of the molecule is Cc1cccc(CSCCNC(=O)CN(c2cccc(C)c2C)S(C)(=O)=O)c1. The van der Waals surface area contributed by atoms with Crippen LogP contribution in [-0.2, 0) is 20.6 Å². The topological polar surface area (TPSA) is 66.5 Å². The van der Waals surface area contributed by atoms with Crippen molar-refractivity contribution in [2.45, 2.75) is 26.5 Å². The molecule has 0 aliphatic heterocycles. The number of benzene rings is 2. The summed E-state index contributed by atoms with van der Waals surface area (Å²) < 4.78 is 25.6. The van der Waals surface area contributed by atoms with Gasteiger partial charge in [-0.3, -0.25) is 9.10 Å². The second kappa shape index (κ2) is 9.98. The molecular weight excluding hydrogens is 392 g/mol. The predicted octanol–water partition coefficient (Wildman–Crippen LogP) is 3.43. The molecule has 2 aromatic rings. The van der Waals surface area contributed by atoms with Gasteiger partial charge in [0.15, 0.2) is 0 Å². The Morgan fingerprint density at radius 2 is 1.82 bits per heavy atom. The minimum Gasteiger partial charge on any atom is -0.354 e. The lowest BCUT2D eigenvalue weighted by Gasteiger charge is -2.24. The van der Waals surface area contributed by atoms with Crippen molar-refractivity contribution >= 4 is 33.4 Å². The maximum atomic E-state index is 12.3. The molecule has 0 heterocycles. The Kier molecular flexibility index (Phi) is 7.95. The third-order valence-corrected chi connectivity index (χ3v) is 6.61. The molecule has 7 heteroatoms. The van der Waals surface area contributed by atoms with Gasteiger partial charge in [0.25, 0.3) is 0 Å². The molecule has 1 N–H and O–H groups in total. The maximum Gasteiger partial charge on any atom is 0.240 e. The highest BCUT2D eigenvalue weighted by atomic mass is 32.2. The second-order valence-corrected chi connectivity index (χ2v) is 9.89. The fourth-order valence-corrected chi connectivity index (χ4v) is 4.54. The highest BCUT2D eigenvalue weighted by molar-refractivity contribution is 7.98. The highest BCUT2D eigenvalue weighted by Crippen LogP contribution is 2.24. The van der Waals surface area contributed by atoms with E-state index in [4.69, 9.17) is 0 Å². The third-order valence-electron chi connectivity index (χ3n) is 4.45. The molecule has 0 aliphatic rings. The van der Waals surface area contributed by atoms with E-state index in [-0.39, 0.29) is 12.5 Å². The monoisotopic (exact) mass is 420 g/mol. The molecule has 0 unspecified atom stereocenters. The van der Waals surface area contributed by atoms with Crippen LogP contribution in [0.15, 0.2) is 42.5 Å². The van der Waals surface area contributed by atoms with Crippen LogP contribution < -0.4 is 9.62 Å². The van der Waals surface area contributed by atoms with E-state index in [2.05, 4.69) is 30.4 Å². The summed E-state index contributed by atoms with van der Waals surface area (Å²) in [5, 5.41) is 2.82. The molecule has 0 spiro atoms. The number of thioether (sulfide) groups is 1. The van der Waals surface area contributed by atoms with Gasteiger partial charge in [-0.25, -0.2) is 8.42 Å². The van der Waals surface area contributed by atoms with Crippen molar-refractivity contribution in [3.05, 3.63) is 64.7 Å². The number of aryl methyl sites for hydroxylation is 2. The predicted molar refractivity (Wildman–Crippen MR) is 118 cm³/mol. The van der Waals surface area contributed by atoms with Crippen molar-refractivity contribution in [3.63, 3.8) is 0 Å². The molecule has 5 nitrogen and oxygen atoms in total. The van der Waals surface area contributed by atoms with Crippen LogP contribution in [-0.4, -0.2) is 39.4 Å². The molecule has 0 bridgehead atoms. The van der Waals surface area contributed by atoms with Crippen LogP contribution in [0.5, 0.6) is 0 Å². The van der Waals surface area contributed by atoms with E-state index in [0.717, 1.165) is 28.9 Å². The van der Waals surface area contributed by atoms with Crippen molar-refractivity contribution in [3.8, 4) is 0 Å². The lowest BCUT2D eigenvalue weighted by molar-refractivity contribution is -0.119. The van der Waals surface area contributed by atoms with Gasteiger partial charge in [-0.2, -0.15) is 11.8 Å². The zero-order chi connectivity index (χ0) is 20.7. The van der Waals surface area contributed by atoms with Gasteiger partial charge in [-0.05, 0) is 43.5 Å². The molecule has 0 saturated carbocycles. The highest BCUT2D eigenvalue weighted by Gasteiger charge is 2.22. The molecule has 0 fully saturated rings. The van der Waals surface area contributed by atoms with Crippen LogP contribution in [0.1, 0.15) is 22.3 Å². The quantitative estimate of drug-likeness (QED) is 0.631. The van der Waals surface area contributed by atoms with Gasteiger partial charge in [0.2, 0.25) is 15.9 Å². The Labute approximate surface area is 172 Å². The summed E-state index contributed by atoms with van der Waals surface area (Å²) in [6.07, 6.45) is 1.12. The standard InChI is InChI=1S/C21H28N2O3S2/c1-16-7-5-9-19(13-16)15-27-12-11-22-21(24)14-23(28(4,25)26)20-10-6-8-17(2)18(20)3/h5-10,13H,11-12,14-15H2,1-4H3,(H,22,24). The van der Waals surface area contributed by atoms with Crippen LogP contribution in [0, 0.1) is 20.8 Å². The summed E-state index contributed by atoms with van der Waals surface area (Å²) in [6, 6.07) is 13.8. The number of nitrogens with zero attached hydrogens (tertiary/aromatic N) is 1. The van der Waals surface area contributed by atoms with Gasteiger partial charge in [-0.15, -0.1) is 0 Å². The minimum absolute atomic E-state index is 0.217. The van der Waals surface area contributed by atoms with Crippen molar-refractivity contribution in [2.75, 3.05) is 29.4 Å². The van der Waals surface area contributed by atoms with Crippen LogP contribution in [0.25, 0.3) is 0 Å². The van der Waals surface area contributed by atoms with Gasteiger partial charge in [0.05, 0.1) is 11.9 Å². The molecule has 0 atom stereocenters. The Hall–Kier alpha value is -1.99. The first-order valence-electron chi connectivity index (χ1n) is 9.12. The minimum atomic E-state index is -3.56. The fraction of sp³-hybridized carbons (Fsp3) is 0.381. The van der Waals surface area contributed by atoms with E-state index in [1.165, 1.54) is 15.4 Å². The lowest BCUT2D eigenvalue weighted by atomic mass is 10.1. The number of amides is 1. The number of nitrogens with one attached hydrogen (secondary N) is 1. The van der Waals surface area contributed by atoms with Gasteiger partial charge in [-0.1, -0.05) is 42.0 Å². The molecule has 2 rings (SSSR count). The Morgan fingerprint density at radius 1 is 1.11 bits per heavy atom. The zero-order valence-corrected chi connectivity index (χ0v) is 18.5. The average molecular weight is 421 g/mol. The summed E-state index contributed by atoms with van der Waals surface area (Å²) in [6.45, 7) is 6.14. The molecule has 152 valence electrons. The summed E-state index contributed by atoms with van der Waals surface area (Å²) in [7, 11) is -3.56. The Balaban J connectivity index is 1.88. The Morgan fingerprint density at radius 3 is 2.50 bits per heavy atom. The molecule has 2 aromatic carbocycles. The first-order valence-corrected chi connectivity index (χ1v) is 12.1. The van der Waals surface area contributed by atoms with Gasteiger partial charge in [0.1, 0.15) is 6.54 Å². The summed E-state index contributed by atoms with van der Waals surface area (Å²) in [4.78, 5) is 12.3. The maximum absolute atomic E-state index is 12.3. The van der Waals surface area contributed by atoms with Gasteiger partial charge >= 0.3 is 0 Å². The van der Waals surface area contributed by atoms with E-state index in [1.807, 2.05) is 26.0 Å². The zero-order valence-electron chi connectivity index (χ0n) is 16.9. The number of carbonyl (C=O) groups is 1. The average Bonchev–Trinajstić information content (AvgIpc) is 2.61. The number of anilines is 1. The first-order chi connectivity index (χ1) is 13.2. The molecule has 0 aromatic heterocycles. The van der Waals surface area contributed by atoms with Crippen molar-refractivity contribution in [1.29, 1.82) is 0 Å². The third kappa shape index (κ3) is 6.56. The molecular formula is C21H28N2O3S2. The summed E-state index contributed by atoms with van der Waals surface area (Å²) >= 11 is 1.74. The largest absolute Gasteiger partial charge is 0.354 e. The van der Waals surface area contributed by atoms with E-state index in [9.17, 15) is 13.2 Å². The van der Waals surface area contributed by atoms with E-state index in [1.54, 1.807) is 23.9 Å². The van der Waals surface area contributed by atoms with E-state index < -0.39 is 10.0 Å². The smallest absolute Gasteiger partial charge is 0.240 e. The second-order valence-electron chi connectivity index (χ2n) is 6.88. The van der Waals surface area contributed by atoms with E-state index in [0.29, 0.717) is 12.2 Å². The molecule has 0 saturated heterocycles. The lowest BCUT2D eigenvalue weighted by Crippen LogP contribution is -2.41. The number of hydrogen-bond donors (Lipinski definition) is 1. The molecule has 28 heavy (non-hydrogen) atoms. The molecule has 0 radical (unpaired) electrons. The van der Waals surface area contributed by atoms with Crippen molar-refractivity contribution in [1.82, 2.24) is 5.32 Å². The molecule has 1 amide bonds. The summed E-state index contributed by atoms with van der Waals surface area (Å²) in [5.74, 6) is 1.35. The van der Waals surface area contributed by atoms with Crippen LogP contribution in [0.4, 0.5) is 5.69 Å². The van der Waals surface area contributed by atoms with Gasteiger partial charge < -0.3 is 5.32 Å². The van der Waals surface area contributed by atoms with Crippen molar-refractivity contribution in [2.24, 2.45) is 0 Å². The van der Waals surface area contributed by atoms with Gasteiger partial charge in [0, 0.05) is 18.1 Å². The van der Waals surface area contributed by atoms with Crippen LogP contribution >= 0.6 is 11.8 Å². The number of hydrogen-bond acceptors (Lipinski definition) is 4. The summed E-state index contributed by atoms with van der Waals surface area (Å²) in [5.41, 5.74) is 4.88. The van der Waals surface area contributed by atoms with Crippen LogP contribution in [0.2, 0.25) is 0 Å².